The van der Waals surface area contributed by atoms with Crippen LogP contribution in [0.3, 0.4) is 0 Å². The maximum atomic E-state index is 11.6. The first kappa shape index (κ1) is 16.1. The maximum absolute atomic E-state index is 11.6. The first-order valence-electron chi connectivity index (χ1n) is 6.47. The van der Waals surface area contributed by atoms with E-state index in [1.165, 1.54) is 6.07 Å². The van der Waals surface area contributed by atoms with Crippen molar-refractivity contribution in [2.45, 2.75) is 0 Å². The number of aromatic carboxylic acids is 1. The molecule has 0 saturated carbocycles. The van der Waals surface area contributed by atoms with Crippen molar-refractivity contribution in [3.8, 4) is 0 Å². The second-order valence-corrected chi connectivity index (χ2v) is 6.59. The van der Waals surface area contributed by atoms with E-state index in [0.717, 1.165) is 4.47 Å². The number of aryl methyl sites for hydroxylation is 1. The molecule has 0 aliphatic carbocycles. The number of hydrogen-bond donors (Lipinski definition) is 2. The zero-order valence-electron chi connectivity index (χ0n) is 11.8. The molecule has 0 atom stereocenters. The van der Waals surface area contributed by atoms with E-state index in [-0.39, 0.29) is 16.3 Å². The molecule has 3 aromatic rings. The van der Waals surface area contributed by atoms with E-state index in [9.17, 15) is 9.90 Å². The maximum Gasteiger partial charge on any atom is 0.337 e. The molecule has 3 rings (SSSR count). The van der Waals surface area contributed by atoms with Gasteiger partial charge in [0.15, 0.2) is 0 Å². The topological polar surface area (TPSA) is 67.2 Å². The fourth-order valence-corrected chi connectivity index (χ4v) is 3.26. The molecule has 0 amide bonds. The number of hydrogen-bond acceptors (Lipinski definition) is 3. The lowest BCUT2D eigenvalue weighted by molar-refractivity contribution is 0.0698. The lowest BCUT2D eigenvalue weighted by Gasteiger charge is -2.14. The number of benzene rings is 2. The van der Waals surface area contributed by atoms with Crippen molar-refractivity contribution >= 4 is 67.5 Å². The van der Waals surface area contributed by atoms with Crippen molar-refractivity contribution in [2.24, 2.45) is 7.05 Å². The Morgan fingerprint density at radius 1 is 1.35 bits per heavy atom. The van der Waals surface area contributed by atoms with Gasteiger partial charge in [0.25, 0.3) is 0 Å². The average Bonchev–Trinajstić information content (AvgIpc) is 2.85. The fraction of sp³-hybridized carbons (Fsp3) is 0.0667. The average molecular weight is 415 g/mol. The van der Waals surface area contributed by atoms with Crippen molar-refractivity contribution in [2.75, 3.05) is 5.32 Å². The second kappa shape index (κ2) is 6.03. The number of carboxylic acids is 1. The molecular weight excluding hydrogens is 405 g/mol. The molecule has 0 unspecified atom stereocenters. The van der Waals surface area contributed by atoms with E-state index in [4.69, 9.17) is 23.2 Å². The summed E-state index contributed by atoms with van der Waals surface area (Å²) in [6, 6.07) is 6.77. The second-order valence-electron chi connectivity index (χ2n) is 4.89. The Kier molecular flexibility index (Phi) is 4.23. The molecule has 0 bridgehead atoms. The molecule has 1 aromatic heterocycles. The number of aromatic nitrogens is 2. The van der Waals surface area contributed by atoms with Crippen LogP contribution < -0.4 is 5.32 Å². The summed E-state index contributed by atoms with van der Waals surface area (Å²) in [5.41, 5.74) is 2.02. The summed E-state index contributed by atoms with van der Waals surface area (Å²) in [6.45, 7) is 0. The molecule has 0 fully saturated rings. The van der Waals surface area contributed by atoms with Gasteiger partial charge in [-0.3, -0.25) is 0 Å². The van der Waals surface area contributed by atoms with Crippen molar-refractivity contribution in [3.05, 3.63) is 50.7 Å². The van der Waals surface area contributed by atoms with Crippen LogP contribution >= 0.6 is 39.1 Å². The summed E-state index contributed by atoms with van der Waals surface area (Å²) in [5, 5.41) is 13.2. The molecule has 118 valence electrons. The number of rotatable bonds is 3. The number of carboxylic acid groups (broad SMARTS) is 1. The van der Waals surface area contributed by atoms with Gasteiger partial charge < -0.3 is 15.0 Å². The number of carbonyl (C=O) groups is 1. The van der Waals surface area contributed by atoms with Gasteiger partial charge in [-0.25, -0.2) is 9.78 Å². The Morgan fingerprint density at radius 3 is 2.74 bits per heavy atom. The van der Waals surface area contributed by atoms with Crippen molar-refractivity contribution in [1.29, 1.82) is 0 Å². The minimum absolute atomic E-state index is 0.0464. The number of nitrogens with zero attached hydrogens (tertiary/aromatic N) is 2. The monoisotopic (exact) mass is 413 g/mol. The summed E-state index contributed by atoms with van der Waals surface area (Å²) in [5.74, 6) is -1.09. The van der Waals surface area contributed by atoms with E-state index in [2.05, 4.69) is 26.2 Å². The third kappa shape index (κ3) is 2.89. The smallest absolute Gasteiger partial charge is 0.337 e. The standard InChI is InChI=1S/C15H10BrCl2N3O2/c1-21-6-19-14-11(21)5-8(15(22)23)13(12(14)18)20-10-3-2-7(16)4-9(10)17/h2-6,20H,1H3,(H,22,23). The number of nitrogens with one attached hydrogen (secondary N) is 1. The largest absolute Gasteiger partial charge is 0.478 e. The van der Waals surface area contributed by atoms with Crippen LogP contribution in [0.15, 0.2) is 35.1 Å². The predicted octanol–water partition coefficient (Wildman–Crippen LogP) is 5.08. The minimum Gasteiger partial charge on any atom is -0.478 e. The highest BCUT2D eigenvalue weighted by Gasteiger charge is 2.20. The van der Waals surface area contributed by atoms with Crippen LogP contribution in [0.5, 0.6) is 0 Å². The molecule has 0 aliphatic heterocycles. The van der Waals surface area contributed by atoms with Crippen LogP contribution in [-0.2, 0) is 7.05 Å². The minimum atomic E-state index is -1.09. The van der Waals surface area contributed by atoms with Crippen LogP contribution in [0.1, 0.15) is 10.4 Å². The van der Waals surface area contributed by atoms with Gasteiger partial charge in [0.05, 0.1) is 38.8 Å². The predicted molar refractivity (Wildman–Crippen MR) is 95.1 cm³/mol. The highest BCUT2D eigenvalue weighted by Crippen LogP contribution is 2.37. The molecule has 1 heterocycles. The normalized spacial score (nSPS) is 11.0. The number of anilines is 2. The van der Waals surface area contributed by atoms with Crippen LogP contribution in [0.2, 0.25) is 10.0 Å². The third-order valence-electron chi connectivity index (χ3n) is 3.38. The van der Waals surface area contributed by atoms with Gasteiger partial charge in [-0.2, -0.15) is 0 Å². The van der Waals surface area contributed by atoms with E-state index < -0.39 is 5.97 Å². The van der Waals surface area contributed by atoms with Crippen LogP contribution in [-0.4, -0.2) is 20.6 Å². The number of imidazole rings is 1. The molecule has 0 saturated heterocycles. The Labute approximate surface area is 150 Å². The Bertz CT molecular complexity index is 940. The van der Waals surface area contributed by atoms with Gasteiger partial charge in [0, 0.05) is 11.5 Å². The summed E-state index contributed by atoms with van der Waals surface area (Å²) in [7, 11) is 1.77. The zero-order chi connectivity index (χ0) is 16.7. The van der Waals surface area contributed by atoms with Crippen LogP contribution in [0.25, 0.3) is 11.0 Å². The molecule has 2 N–H and O–H groups in total. The van der Waals surface area contributed by atoms with Gasteiger partial charge in [0.1, 0.15) is 5.52 Å². The van der Waals surface area contributed by atoms with Gasteiger partial charge in [-0.1, -0.05) is 39.1 Å². The zero-order valence-corrected chi connectivity index (χ0v) is 14.9. The highest BCUT2D eigenvalue weighted by atomic mass is 79.9. The van der Waals surface area contributed by atoms with E-state index >= 15 is 0 Å². The van der Waals surface area contributed by atoms with Crippen molar-refractivity contribution in [3.63, 3.8) is 0 Å². The fourth-order valence-electron chi connectivity index (χ4n) is 2.24. The van der Waals surface area contributed by atoms with E-state index in [0.29, 0.717) is 21.7 Å². The summed E-state index contributed by atoms with van der Waals surface area (Å²) in [6.07, 6.45) is 1.58. The van der Waals surface area contributed by atoms with Gasteiger partial charge >= 0.3 is 5.97 Å². The van der Waals surface area contributed by atoms with Crippen LogP contribution in [0, 0.1) is 0 Å². The number of halogens is 3. The first-order chi connectivity index (χ1) is 10.9. The molecule has 23 heavy (non-hydrogen) atoms. The van der Waals surface area contributed by atoms with Gasteiger partial charge in [-0.05, 0) is 24.3 Å². The van der Waals surface area contributed by atoms with Gasteiger partial charge in [-0.15, -0.1) is 0 Å². The lowest BCUT2D eigenvalue weighted by Crippen LogP contribution is -2.05. The van der Waals surface area contributed by atoms with E-state index in [1.54, 1.807) is 36.1 Å². The summed E-state index contributed by atoms with van der Waals surface area (Å²) >= 11 is 15.9. The molecule has 0 aliphatic rings. The van der Waals surface area contributed by atoms with E-state index in [1.807, 2.05) is 0 Å². The van der Waals surface area contributed by atoms with Crippen molar-refractivity contribution in [1.82, 2.24) is 9.55 Å². The van der Waals surface area contributed by atoms with Gasteiger partial charge in [0.2, 0.25) is 0 Å². The third-order valence-corrected chi connectivity index (χ3v) is 4.56. The summed E-state index contributed by atoms with van der Waals surface area (Å²) < 4.78 is 2.53. The Morgan fingerprint density at radius 2 is 2.09 bits per heavy atom. The highest BCUT2D eigenvalue weighted by molar-refractivity contribution is 9.10. The first-order valence-corrected chi connectivity index (χ1v) is 8.02. The Balaban J connectivity index is 2.21. The lowest BCUT2D eigenvalue weighted by atomic mass is 10.1. The molecule has 2 aromatic carbocycles. The molecular formula is C15H10BrCl2N3O2. The molecule has 0 radical (unpaired) electrons. The van der Waals surface area contributed by atoms with Crippen molar-refractivity contribution < 1.29 is 9.90 Å². The molecule has 8 heteroatoms. The summed E-state index contributed by atoms with van der Waals surface area (Å²) in [4.78, 5) is 15.8. The van der Waals surface area contributed by atoms with Crippen LogP contribution in [0.4, 0.5) is 11.4 Å². The SMILES string of the molecule is Cn1cnc2c(Cl)c(Nc3ccc(Br)cc3Cl)c(C(=O)O)cc21. The molecule has 5 nitrogen and oxygen atoms in total. The Hall–Kier alpha value is -1.76. The number of fused-ring (bicyclic) bond motifs is 1. The quantitative estimate of drug-likeness (QED) is 0.626. The molecule has 0 spiro atoms.